The highest BCUT2D eigenvalue weighted by Gasteiger charge is 2.24. The number of piperazine rings is 1. The molecule has 7 heteroatoms. The maximum absolute atomic E-state index is 11.1. The highest BCUT2D eigenvalue weighted by atomic mass is 16.3. The van der Waals surface area contributed by atoms with E-state index in [0.29, 0.717) is 22.4 Å². The number of fused-ring (bicyclic) bond motifs is 2. The van der Waals surface area contributed by atoms with Crippen molar-refractivity contribution >= 4 is 33.3 Å². The molecule has 1 saturated heterocycles. The highest BCUT2D eigenvalue weighted by Crippen LogP contribution is 2.41. The third-order valence-electron chi connectivity index (χ3n) is 7.13. The fraction of sp³-hybridized carbons (Fsp3) is 0.167. The summed E-state index contributed by atoms with van der Waals surface area (Å²) in [5, 5.41) is 23.9. The number of anilines is 2. The molecular formula is C30H26N6O. The Bertz CT molecular complexity index is 1700. The van der Waals surface area contributed by atoms with Gasteiger partial charge in [-0.15, -0.1) is 0 Å². The number of phenols is 1. The highest BCUT2D eigenvalue weighted by molar-refractivity contribution is 5.97. The number of hydrogen-bond acceptors (Lipinski definition) is 7. The Morgan fingerprint density at radius 2 is 1.57 bits per heavy atom. The Morgan fingerprint density at radius 1 is 0.838 bits per heavy atom. The molecular weight excluding hydrogens is 460 g/mol. The van der Waals surface area contributed by atoms with Crippen LogP contribution in [0.25, 0.3) is 44.1 Å². The first-order chi connectivity index (χ1) is 18.0. The fourth-order valence-corrected chi connectivity index (χ4v) is 5.06. The number of nitrogens with two attached hydrogens (primary N) is 1. The van der Waals surface area contributed by atoms with E-state index in [-0.39, 0.29) is 11.6 Å². The van der Waals surface area contributed by atoms with Gasteiger partial charge in [-0.1, -0.05) is 48.5 Å². The topological polar surface area (TPSA) is 102 Å². The van der Waals surface area contributed by atoms with Gasteiger partial charge in [0.1, 0.15) is 29.0 Å². The second-order valence-electron chi connectivity index (χ2n) is 9.45. The molecule has 0 bridgehead atoms. The van der Waals surface area contributed by atoms with E-state index in [0.717, 1.165) is 59.2 Å². The van der Waals surface area contributed by atoms with Crippen molar-refractivity contribution in [3.63, 3.8) is 0 Å². The second-order valence-corrected chi connectivity index (χ2v) is 9.45. The molecule has 0 radical (unpaired) electrons. The van der Waals surface area contributed by atoms with Gasteiger partial charge in [-0.2, -0.15) is 5.26 Å². The van der Waals surface area contributed by atoms with Gasteiger partial charge in [-0.3, -0.25) is 0 Å². The lowest BCUT2D eigenvalue weighted by atomic mass is 9.95. The van der Waals surface area contributed by atoms with Crippen LogP contribution in [0.1, 0.15) is 5.56 Å². The molecule has 6 rings (SSSR count). The number of pyridine rings is 2. The maximum atomic E-state index is 11.1. The van der Waals surface area contributed by atoms with E-state index in [9.17, 15) is 10.4 Å². The number of likely N-dealkylation sites (N-methyl/N-ethyl adjacent to an activating group) is 1. The molecule has 0 amide bonds. The minimum absolute atomic E-state index is 0.125. The SMILES string of the molecule is CN1CCN(c2nc3ccccc3cc2-c2cc(-c3ccc4ccccc4c3O)nc(N)c2C#N)CC1. The van der Waals surface area contributed by atoms with Crippen molar-refractivity contribution in [2.75, 3.05) is 43.9 Å². The Kier molecular flexibility index (Phi) is 5.59. The van der Waals surface area contributed by atoms with Crippen LogP contribution in [0.2, 0.25) is 0 Å². The summed E-state index contributed by atoms with van der Waals surface area (Å²) < 4.78 is 0. The summed E-state index contributed by atoms with van der Waals surface area (Å²) in [5.74, 6) is 1.08. The quantitative estimate of drug-likeness (QED) is 0.369. The number of phenolic OH excluding ortho intramolecular Hbond substituents is 1. The molecule has 1 aliphatic rings. The minimum atomic E-state index is 0.125. The molecule has 0 unspecified atom stereocenters. The lowest BCUT2D eigenvalue weighted by molar-refractivity contribution is 0.312. The predicted octanol–water partition coefficient (Wildman–Crippen LogP) is 5.03. The van der Waals surface area contributed by atoms with Crippen LogP contribution in [0.3, 0.4) is 0 Å². The van der Waals surface area contributed by atoms with E-state index in [1.54, 1.807) is 0 Å². The number of rotatable bonds is 3. The van der Waals surface area contributed by atoms with Gasteiger partial charge < -0.3 is 20.6 Å². The number of nitriles is 1. The summed E-state index contributed by atoms with van der Waals surface area (Å²) in [6, 6.07) is 25.6. The number of hydrogen-bond donors (Lipinski definition) is 2. The number of aromatic nitrogens is 2. The van der Waals surface area contributed by atoms with E-state index >= 15 is 0 Å². The average molecular weight is 487 g/mol. The van der Waals surface area contributed by atoms with Gasteiger partial charge in [-0.05, 0) is 36.7 Å². The lowest BCUT2D eigenvalue weighted by Gasteiger charge is -2.34. The number of benzene rings is 3. The second kappa shape index (κ2) is 9.08. The molecule has 5 aromatic rings. The molecule has 182 valence electrons. The first kappa shape index (κ1) is 22.8. The van der Waals surface area contributed by atoms with Gasteiger partial charge in [-0.25, -0.2) is 9.97 Å². The van der Waals surface area contributed by atoms with Crippen LogP contribution < -0.4 is 10.6 Å². The Hall–Kier alpha value is -4.67. The van der Waals surface area contributed by atoms with Gasteiger partial charge in [0, 0.05) is 53.6 Å². The molecule has 0 aliphatic carbocycles. The average Bonchev–Trinajstić information content (AvgIpc) is 2.93. The smallest absolute Gasteiger partial charge is 0.142 e. The summed E-state index contributed by atoms with van der Waals surface area (Å²) in [7, 11) is 2.12. The van der Waals surface area contributed by atoms with E-state index in [1.165, 1.54) is 0 Å². The Morgan fingerprint density at radius 3 is 2.35 bits per heavy atom. The van der Waals surface area contributed by atoms with Crippen molar-refractivity contribution in [2.24, 2.45) is 0 Å². The van der Waals surface area contributed by atoms with Crippen LogP contribution >= 0.6 is 0 Å². The molecule has 1 aliphatic heterocycles. The van der Waals surface area contributed by atoms with Crippen molar-refractivity contribution in [3.05, 3.63) is 78.4 Å². The third kappa shape index (κ3) is 3.98. The molecule has 7 nitrogen and oxygen atoms in total. The summed E-state index contributed by atoms with van der Waals surface area (Å²) in [6.07, 6.45) is 0. The molecule has 37 heavy (non-hydrogen) atoms. The fourth-order valence-electron chi connectivity index (χ4n) is 5.06. The van der Waals surface area contributed by atoms with Gasteiger partial charge in [0.25, 0.3) is 0 Å². The van der Waals surface area contributed by atoms with Crippen molar-refractivity contribution < 1.29 is 5.11 Å². The first-order valence-electron chi connectivity index (χ1n) is 12.3. The first-order valence-corrected chi connectivity index (χ1v) is 12.3. The zero-order valence-electron chi connectivity index (χ0n) is 20.5. The van der Waals surface area contributed by atoms with E-state index < -0.39 is 0 Å². The van der Waals surface area contributed by atoms with E-state index in [4.69, 9.17) is 10.7 Å². The van der Waals surface area contributed by atoms with Crippen molar-refractivity contribution in [2.45, 2.75) is 0 Å². The molecule has 1 fully saturated rings. The monoisotopic (exact) mass is 486 g/mol. The number of nitrogens with zero attached hydrogens (tertiary/aromatic N) is 5. The van der Waals surface area contributed by atoms with Crippen LogP contribution in [0.5, 0.6) is 5.75 Å². The maximum Gasteiger partial charge on any atom is 0.142 e. The van der Waals surface area contributed by atoms with Crippen molar-refractivity contribution in [1.82, 2.24) is 14.9 Å². The number of nitrogen functional groups attached to an aromatic ring is 1. The molecule has 3 heterocycles. The number of aromatic hydroxyl groups is 1. The van der Waals surface area contributed by atoms with Gasteiger partial charge in [0.15, 0.2) is 0 Å². The number of para-hydroxylation sites is 1. The molecule has 0 spiro atoms. The van der Waals surface area contributed by atoms with Crippen LogP contribution in [0.15, 0.2) is 72.8 Å². The summed E-state index contributed by atoms with van der Waals surface area (Å²) in [4.78, 5) is 14.2. The van der Waals surface area contributed by atoms with Crippen molar-refractivity contribution in [3.8, 4) is 34.2 Å². The van der Waals surface area contributed by atoms with Gasteiger partial charge in [0.2, 0.25) is 0 Å². The standard InChI is InChI=1S/C30H26N6O/c1-35-12-14-36(15-13-35)30-24(16-20-7-3-5-9-26(20)34-30)23-17-27(33-29(32)25(23)18-31)22-11-10-19-6-2-4-8-21(19)28(22)37/h2-11,16-17,37H,12-15H2,1H3,(H2,32,33). The van der Waals surface area contributed by atoms with Crippen LogP contribution in [-0.4, -0.2) is 53.2 Å². The molecule has 2 aromatic heterocycles. The Labute approximate surface area is 215 Å². The van der Waals surface area contributed by atoms with Crippen LogP contribution in [0, 0.1) is 11.3 Å². The predicted molar refractivity (Wildman–Crippen MR) is 148 cm³/mol. The molecule has 0 saturated carbocycles. The summed E-state index contributed by atoms with van der Waals surface area (Å²) in [6.45, 7) is 3.51. The third-order valence-corrected chi connectivity index (χ3v) is 7.13. The minimum Gasteiger partial charge on any atom is -0.507 e. The normalized spacial score (nSPS) is 14.2. The largest absolute Gasteiger partial charge is 0.507 e. The summed E-state index contributed by atoms with van der Waals surface area (Å²) in [5.41, 5.74) is 10.1. The Balaban J connectivity index is 1.59. The van der Waals surface area contributed by atoms with Crippen LogP contribution in [0.4, 0.5) is 11.6 Å². The lowest BCUT2D eigenvalue weighted by Crippen LogP contribution is -2.45. The zero-order valence-corrected chi connectivity index (χ0v) is 20.5. The zero-order chi connectivity index (χ0) is 25.5. The van der Waals surface area contributed by atoms with Crippen molar-refractivity contribution in [1.29, 1.82) is 5.26 Å². The molecule has 3 aromatic carbocycles. The van der Waals surface area contributed by atoms with E-state index in [1.807, 2.05) is 66.7 Å². The van der Waals surface area contributed by atoms with Gasteiger partial charge in [0.05, 0.1) is 11.2 Å². The molecule has 0 atom stereocenters. The van der Waals surface area contributed by atoms with Crippen LogP contribution in [-0.2, 0) is 0 Å². The summed E-state index contributed by atoms with van der Waals surface area (Å²) >= 11 is 0. The van der Waals surface area contributed by atoms with E-state index in [2.05, 4.69) is 34.0 Å². The molecule has 3 N–H and O–H groups in total. The van der Waals surface area contributed by atoms with Gasteiger partial charge >= 0.3 is 0 Å².